The van der Waals surface area contributed by atoms with Crippen LogP contribution >= 0.6 is 0 Å². The number of aromatic amines is 1. The summed E-state index contributed by atoms with van der Waals surface area (Å²) in [6.07, 6.45) is 4.42. The van der Waals surface area contributed by atoms with Crippen LogP contribution in [0.25, 0.3) is 11.4 Å². The van der Waals surface area contributed by atoms with Crippen LogP contribution in [-0.2, 0) is 19.5 Å². The fourth-order valence-electron chi connectivity index (χ4n) is 3.24. The molecule has 27 heavy (non-hydrogen) atoms. The zero-order valence-corrected chi connectivity index (χ0v) is 15.0. The first-order chi connectivity index (χ1) is 13.1. The molecule has 2 N–H and O–H groups in total. The van der Waals surface area contributed by atoms with E-state index >= 15 is 0 Å². The van der Waals surface area contributed by atoms with Gasteiger partial charge in [0.2, 0.25) is 5.95 Å². The number of imidazole rings is 1. The van der Waals surface area contributed by atoms with Gasteiger partial charge in [0.1, 0.15) is 17.5 Å². The molecule has 0 amide bonds. The van der Waals surface area contributed by atoms with E-state index in [4.69, 9.17) is 0 Å². The second kappa shape index (κ2) is 7.40. The molecular weight excluding hydrogens is 350 g/mol. The molecule has 0 unspecified atom stereocenters. The number of benzene rings is 1. The molecule has 4 rings (SSSR count). The molecule has 0 saturated carbocycles. The minimum Gasteiger partial charge on any atom is -0.355 e. The molecule has 0 radical (unpaired) electrons. The van der Waals surface area contributed by atoms with Gasteiger partial charge in [-0.1, -0.05) is 0 Å². The van der Waals surface area contributed by atoms with Crippen molar-refractivity contribution < 1.29 is 8.78 Å². The standard InChI is InChI=1S/C19H20F2N6/c1-2-22-19-23-8-12(9-24-19)10-27-6-5-16-17(11-27)26-18(25-16)14-4-3-13(20)7-15(14)21/h3-4,7-9H,2,5-6,10-11H2,1H3,(H,25,26)(H,22,23,24). The van der Waals surface area contributed by atoms with Crippen molar-refractivity contribution in [2.24, 2.45) is 0 Å². The van der Waals surface area contributed by atoms with Gasteiger partial charge in [0.25, 0.3) is 0 Å². The normalized spacial score (nSPS) is 14.2. The Labute approximate surface area is 155 Å². The van der Waals surface area contributed by atoms with Crippen molar-refractivity contribution >= 4 is 5.95 Å². The lowest BCUT2D eigenvalue weighted by molar-refractivity contribution is 0.241. The minimum atomic E-state index is -0.615. The third-order valence-electron chi connectivity index (χ3n) is 4.54. The van der Waals surface area contributed by atoms with Crippen molar-refractivity contribution in [2.75, 3.05) is 18.4 Å². The number of H-pyrrole nitrogens is 1. The lowest BCUT2D eigenvalue weighted by atomic mass is 10.1. The number of fused-ring (bicyclic) bond motifs is 1. The summed E-state index contributed by atoms with van der Waals surface area (Å²) in [7, 11) is 0. The van der Waals surface area contributed by atoms with Gasteiger partial charge in [0.15, 0.2) is 0 Å². The molecule has 8 heteroatoms. The van der Waals surface area contributed by atoms with Crippen molar-refractivity contribution in [2.45, 2.75) is 26.4 Å². The van der Waals surface area contributed by atoms with Crippen LogP contribution in [0.15, 0.2) is 30.6 Å². The van der Waals surface area contributed by atoms with Crippen molar-refractivity contribution in [1.29, 1.82) is 0 Å². The predicted molar refractivity (Wildman–Crippen MR) is 98.0 cm³/mol. The number of hydrogen-bond acceptors (Lipinski definition) is 5. The average molecular weight is 370 g/mol. The molecule has 0 fully saturated rings. The van der Waals surface area contributed by atoms with E-state index in [1.54, 1.807) is 0 Å². The SMILES string of the molecule is CCNc1ncc(CN2CCc3nc(-c4ccc(F)cc4F)[nH]c3C2)cn1. The number of halogens is 2. The number of anilines is 1. The summed E-state index contributed by atoms with van der Waals surface area (Å²) in [5.74, 6) is -0.142. The van der Waals surface area contributed by atoms with Crippen LogP contribution in [0.3, 0.4) is 0 Å². The van der Waals surface area contributed by atoms with Crippen LogP contribution in [0, 0.1) is 11.6 Å². The van der Waals surface area contributed by atoms with E-state index in [2.05, 4.69) is 30.2 Å². The highest BCUT2D eigenvalue weighted by Gasteiger charge is 2.22. The molecule has 2 aromatic heterocycles. The van der Waals surface area contributed by atoms with E-state index in [9.17, 15) is 8.78 Å². The van der Waals surface area contributed by atoms with Gasteiger partial charge in [-0.15, -0.1) is 0 Å². The average Bonchev–Trinajstić information content (AvgIpc) is 3.06. The minimum absolute atomic E-state index is 0.282. The zero-order chi connectivity index (χ0) is 18.8. The maximum absolute atomic E-state index is 14.0. The molecule has 0 aliphatic carbocycles. The predicted octanol–water partition coefficient (Wildman–Crippen LogP) is 3.14. The Morgan fingerprint density at radius 3 is 2.78 bits per heavy atom. The maximum Gasteiger partial charge on any atom is 0.222 e. The molecule has 0 bridgehead atoms. The Morgan fingerprint density at radius 2 is 2.04 bits per heavy atom. The monoisotopic (exact) mass is 370 g/mol. The Bertz CT molecular complexity index is 938. The van der Waals surface area contributed by atoms with Gasteiger partial charge in [-0.25, -0.2) is 23.7 Å². The van der Waals surface area contributed by atoms with Crippen LogP contribution in [0.1, 0.15) is 23.9 Å². The smallest absolute Gasteiger partial charge is 0.222 e. The molecule has 0 atom stereocenters. The molecule has 3 aromatic rings. The molecule has 140 valence electrons. The first-order valence-corrected chi connectivity index (χ1v) is 8.92. The summed E-state index contributed by atoms with van der Waals surface area (Å²) in [6.45, 7) is 5.04. The highest BCUT2D eigenvalue weighted by Crippen LogP contribution is 2.25. The number of aromatic nitrogens is 4. The van der Waals surface area contributed by atoms with E-state index < -0.39 is 11.6 Å². The maximum atomic E-state index is 14.0. The van der Waals surface area contributed by atoms with Crippen LogP contribution in [0.4, 0.5) is 14.7 Å². The first-order valence-electron chi connectivity index (χ1n) is 8.92. The second-order valence-corrected chi connectivity index (χ2v) is 6.54. The van der Waals surface area contributed by atoms with Crippen molar-refractivity contribution in [3.8, 4) is 11.4 Å². The van der Waals surface area contributed by atoms with Gasteiger partial charge < -0.3 is 10.3 Å². The fourth-order valence-corrected chi connectivity index (χ4v) is 3.24. The molecule has 1 aromatic carbocycles. The quantitative estimate of drug-likeness (QED) is 0.722. The lowest BCUT2D eigenvalue weighted by Crippen LogP contribution is -2.30. The number of rotatable bonds is 5. The molecule has 1 aliphatic rings. The highest BCUT2D eigenvalue weighted by atomic mass is 19.1. The summed E-state index contributed by atoms with van der Waals surface area (Å²) in [5, 5.41) is 3.07. The van der Waals surface area contributed by atoms with E-state index in [1.807, 2.05) is 19.3 Å². The zero-order valence-electron chi connectivity index (χ0n) is 15.0. The number of hydrogen-bond donors (Lipinski definition) is 2. The molecular formula is C19H20F2N6. The fraction of sp³-hybridized carbons (Fsp3) is 0.316. The lowest BCUT2D eigenvalue weighted by Gasteiger charge is -2.25. The van der Waals surface area contributed by atoms with Gasteiger partial charge in [-0.2, -0.15) is 0 Å². The molecule has 1 aliphatic heterocycles. The second-order valence-electron chi connectivity index (χ2n) is 6.54. The van der Waals surface area contributed by atoms with Gasteiger partial charge in [-0.3, -0.25) is 4.90 Å². The van der Waals surface area contributed by atoms with E-state index in [0.717, 1.165) is 49.1 Å². The van der Waals surface area contributed by atoms with Crippen LogP contribution < -0.4 is 5.32 Å². The van der Waals surface area contributed by atoms with Gasteiger partial charge in [0.05, 0.1) is 17.0 Å². The van der Waals surface area contributed by atoms with Crippen molar-refractivity contribution in [3.05, 3.63) is 59.2 Å². The third-order valence-corrected chi connectivity index (χ3v) is 4.54. The Hall–Kier alpha value is -2.87. The van der Waals surface area contributed by atoms with Crippen LogP contribution in [0.2, 0.25) is 0 Å². The van der Waals surface area contributed by atoms with E-state index in [-0.39, 0.29) is 5.56 Å². The summed E-state index contributed by atoms with van der Waals surface area (Å²) in [4.78, 5) is 18.6. The van der Waals surface area contributed by atoms with Crippen molar-refractivity contribution in [1.82, 2.24) is 24.8 Å². The summed E-state index contributed by atoms with van der Waals surface area (Å²) in [5.41, 5.74) is 3.21. The first kappa shape index (κ1) is 17.5. The van der Waals surface area contributed by atoms with Gasteiger partial charge in [-0.05, 0) is 19.1 Å². The van der Waals surface area contributed by atoms with E-state index in [0.29, 0.717) is 18.3 Å². The van der Waals surface area contributed by atoms with E-state index in [1.165, 1.54) is 12.1 Å². The number of nitrogens with one attached hydrogen (secondary N) is 2. The molecule has 3 heterocycles. The van der Waals surface area contributed by atoms with Gasteiger partial charge >= 0.3 is 0 Å². The largest absolute Gasteiger partial charge is 0.355 e. The topological polar surface area (TPSA) is 69.7 Å². The Morgan fingerprint density at radius 1 is 1.22 bits per heavy atom. The Kier molecular flexibility index (Phi) is 4.81. The number of nitrogens with zero attached hydrogens (tertiary/aromatic N) is 4. The highest BCUT2D eigenvalue weighted by molar-refractivity contribution is 5.57. The molecule has 0 spiro atoms. The summed E-state index contributed by atoms with van der Waals surface area (Å²) >= 11 is 0. The Balaban J connectivity index is 1.47. The summed E-state index contributed by atoms with van der Waals surface area (Å²) in [6, 6.07) is 3.53. The molecule has 0 saturated heterocycles. The molecule has 6 nitrogen and oxygen atoms in total. The van der Waals surface area contributed by atoms with Crippen LogP contribution in [-0.4, -0.2) is 37.9 Å². The van der Waals surface area contributed by atoms with Crippen LogP contribution in [0.5, 0.6) is 0 Å². The third kappa shape index (κ3) is 3.80. The summed E-state index contributed by atoms with van der Waals surface area (Å²) < 4.78 is 27.1. The van der Waals surface area contributed by atoms with Crippen molar-refractivity contribution in [3.63, 3.8) is 0 Å². The van der Waals surface area contributed by atoms with Gasteiger partial charge in [0, 0.05) is 56.6 Å².